The van der Waals surface area contributed by atoms with Gasteiger partial charge < -0.3 is 0 Å². The molecule has 1 aliphatic carbocycles. The van der Waals surface area contributed by atoms with Gasteiger partial charge in [-0.2, -0.15) is 0 Å². The number of hydrogen-bond donors (Lipinski definition) is 0. The van der Waals surface area contributed by atoms with E-state index in [4.69, 9.17) is 0 Å². The number of allylic oxidation sites excluding steroid dienone is 2. The van der Waals surface area contributed by atoms with Crippen molar-refractivity contribution in [3.63, 3.8) is 0 Å². The smallest absolute Gasteiger partial charge is 0 e. The predicted molar refractivity (Wildman–Crippen MR) is 41.4 cm³/mol. The monoisotopic (exact) mass is 183 g/mol. The molecule has 0 aromatic heterocycles. The van der Waals surface area contributed by atoms with E-state index in [0.29, 0.717) is 0 Å². The van der Waals surface area contributed by atoms with Crippen molar-refractivity contribution in [2.75, 3.05) is 0 Å². The van der Waals surface area contributed by atoms with Crippen LogP contribution in [-0.2, 0) is 16.8 Å². The van der Waals surface area contributed by atoms with E-state index in [2.05, 4.69) is 19.9 Å². The van der Waals surface area contributed by atoms with Gasteiger partial charge in [0.1, 0.15) is 0 Å². The summed E-state index contributed by atoms with van der Waals surface area (Å²) in [5, 5.41) is 0. The molecule has 1 radical (unpaired) electrons. The van der Waals surface area contributed by atoms with E-state index in [0.717, 1.165) is 5.92 Å². The van der Waals surface area contributed by atoms with Gasteiger partial charge in [0.05, 0.1) is 0 Å². The first-order valence-corrected chi connectivity index (χ1v) is 4.00. The molecule has 0 saturated heterocycles. The van der Waals surface area contributed by atoms with Gasteiger partial charge in [-0.1, -0.05) is 18.6 Å². The minimum absolute atomic E-state index is 0. The predicted octanol–water partition coefficient (Wildman–Crippen LogP) is 3.14. The van der Waals surface area contributed by atoms with E-state index in [1.54, 1.807) is 5.57 Å². The van der Waals surface area contributed by atoms with Crippen molar-refractivity contribution in [1.82, 2.24) is 0 Å². The van der Waals surface area contributed by atoms with Crippen LogP contribution in [0.5, 0.6) is 0 Å². The summed E-state index contributed by atoms with van der Waals surface area (Å²) in [4.78, 5) is 0. The van der Waals surface area contributed by atoms with Gasteiger partial charge in [-0.3, -0.25) is 0 Å². The van der Waals surface area contributed by atoms with E-state index < -0.39 is 0 Å². The molecule has 0 spiro atoms. The van der Waals surface area contributed by atoms with Crippen LogP contribution >= 0.6 is 0 Å². The van der Waals surface area contributed by atoms with Crippen LogP contribution in [0.3, 0.4) is 0 Å². The fourth-order valence-electron chi connectivity index (χ4n) is 1.53. The first-order chi connectivity index (χ1) is 4.33. The fourth-order valence-corrected chi connectivity index (χ4v) is 1.53. The van der Waals surface area contributed by atoms with Crippen LogP contribution in [0.15, 0.2) is 11.6 Å². The maximum absolute atomic E-state index is 2.45. The summed E-state index contributed by atoms with van der Waals surface area (Å²) < 4.78 is 0. The van der Waals surface area contributed by atoms with Crippen molar-refractivity contribution >= 4 is 0 Å². The first kappa shape index (κ1) is 10.2. The van der Waals surface area contributed by atoms with Gasteiger partial charge in [-0.15, -0.1) is 0 Å². The molecule has 0 amide bonds. The van der Waals surface area contributed by atoms with Crippen LogP contribution in [0.25, 0.3) is 0 Å². The van der Waals surface area contributed by atoms with Gasteiger partial charge in [0.15, 0.2) is 0 Å². The fraction of sp³-hybridized carbons (Fsp3) is 0.778. The molecule has 61 valence electrons. The maximum Gasteiger partial charge on any atom is 0 e. The van der Waals surface area contributed by atoms with Crippen LogP contribution in [0.2, 0.25) is 0 Å². The molecule has 0 aromatic carbocycles. The molecule has 0 aromatic rings. The second-order valence-electron chi connectivity index (χ2n) is 3.07. The van der Waals surface area contributed by atoms with Gasteiger partial charge in [-0.25, -0.2) is 0 Å². The zero-order valence-electron chi connectivity index (χ0n) is 6.82. The van der Waals surface area contributed by atoms with Crippen molar-refractivity contribution in [3.8, 4) is 0 Å². The topological polar surface area (TPSA) is 0 Å². The average Bonchev–Trinajstić information content (AvgIpc) is 1.88. The van der Waals surface area contributed by atoms with E-state index in [-0.39, 0.29) is 16.8 Å². The number of rotatable bonds is 1. The summed E-state index contributed by atoms with van der Waals surface area (Å²) in [7, 11) is 0. The van der Waals surface area contributed by atoms with Crippen LogP contribution < -0.4 is 0 Å². The third kappa shape index (κ3) is 2.89. The second-order valence-corrected chi connectivity index (χ2v) is 3.07. The third-order valence-electron chi connectivity index (χ3n) is 2.19. The van der Waals surface area contributed by atoms with Gasteiger partial charge >= 0.3 is 0 Å². The molecule has 0 saturated carbocycles. The minimum Gasteiger partial charge on any atom is -0.0825 e. The van der Waals surface area contributed by atoms with Crippen molar-refractivity contribution in [3.05, 3.63) is 11.6 Å². The summed E-state index contributed by atoms with van der Waals surface area (Å²) in [6.45, 7) is 4.53. The molecule has 1 unspecified atom stereocenters. The average molecular weight is 183 g/mol. The Hall–Kier alpha value is 0.246. The molecule has 1 aliphatic rings. The molecule has 0 bridgehead atoms. The Labute approximate surface area is 74.3 Å². The van der Waals surface area contributed by atoms with Gasteiger partial charge in [-0.05, 0) is 38.5 Å². The van der Waals surface area contributed by atoms with Gasteiger partial charge in [0.2, 0.25) is 0 Å². The molecule has 1 atom stereocenters. The standard InChI is InChI=1S/C9H16.Co/c1-3-9-6-4-5-8(2)7-9;/h7,9H,3-6H2,1-2H3;. The summed E-state index contributed by atoms with van der Waals surface area (Å²) in [5.41, 5.74) is 1.60. The molecule has 0 N–H and O–H groups in total. The van der Waals surface area contributed by atoms with Gasteiger partial charge in [0.25, 0.3) is 0 Å². The Bertz CT molecular complexity index is 116. The molecular weight excluding hydrogens is 167 g/mol. The van der Waals surface area contributed by atoms with E-state index in [1.807, 2.05) is 0 Å². The van der Waals surface area contributed by atoms with E-state index in [1.165, 1.54) is 25.7 Å². The van der Waals surface area contributed by atoms with Crippen molar-refractivity contribution in [1.29, 1.82) is 0 Å². The Morgan fingerprint density at radius 2 is 2.30 bits per heavy atom. The largest absolute Gasteiger partial charge is 0.0825 e. The van der Waals surface area contributed by atoms with Crippen LogP contribution in [0.4, 0.5) is 0 Å². The van der Waals surface area contributed by atoms with Crippen LogP contribution in [0.1, 0.15) is 39.5 Å². The van der Waals surface area contributed by atoms with Gasteiger partial charge in [0, 0.05) is 16.8 Å². The molecule has 0 nitrogen and oxygen atoms in total. The van der Waals surface area contributed by atoms with E-state index >= 15 is 0 Å². The quantitative estimate of drug-likeness (QED) is 0.548. The van der Waals surface area contributed by atoms with Crippen molar-refractivity contribution in [2.24, 2.45) is 5.92 Å². The molecule has 1 rings (SSSR count). The second kappa shape index (κ2) is 4.97. The van der Waals surface area contributed by atoms with E-state index in [9.17, 15) is 0 Å². The van der Waals surface area contributed by atoms with Crippen molar-refractivity contribution < 1.29 is 16.8 Å². The first-order valence-electron chi connectivity index (χ1n) is 4.00. The maximum atomic E-state index is 2.45. The molecule has 10 heavy (non-hydrogen) atoms. The minimum atomic E-state index is 0. The number of hydrogen-bond acceptors (Lipinski definition) is 0. The third-order valence-corrected chi connectivity index (χ3v) is 2.19. The SMILES string of the molecule is CCC1C=C(C)CCC1.[Co]. The zero-order valence-corrected chi connectivity index (χ0v) is 7.86. The summed E-state index contributed by atoms with van der Waals surface area (Å²) in [5.74, 6) is 0.902. The Morgan fingerprint density at radius 1 is 1.60 bits per heavy atom. The summed E-state index contributed by atoms with van der Waals surface area (Å²) in [6, 6.07) is 0. The summed E-state index contributed by atoms with van der Waals surface area (Å²) >= 11 is 0. The normalized spacial score (nSPS) is 25.0. The molecule has 1 heteroatoms. The molecular formula is C9H16Co. The van der Waals surface area contributed by atoms with Crippen LogP contribution in [-0.4, -0.2) is 0 Å². The molecule has 0 aliphatic heterocycles. The van der Waals surface area contributed by atoms with Crippen LogP contribution in [0, 0.1) is 5.92 Å². The molecule has 0 fully saturated rings. The Balaban J connectivity index is 0.000000810. The molecule has 0 heterocycles. The summed E-state index contributed by atoms with van der Waals surface area (Å²) in [6.07, 6.45) is 7.96. The Kier molecular flexibility index (Phi) is 5.09. The Morgan fingerprint density at radius 3 is 2.70 bits per heavy atom. The zero-order chi connectivity index (χ0) is 6.69. The van der Waals surface area contributed by atoms with Crippen molar-refractivity contribution in [2.45, 2.75) is 39.5 Å².